The molecule has 1 saturated heterocycles. The number of benzene rings is 1. The molecule has 0 amide bonds. The lowest BCUT2D eigenvalue weighted by atomic mass is 10.1. The van der Waals surface area contributed by atoms with Gasteiger partial charge in [0.1, 0.15) is 30.0 Å². The molecule has 0 bridgehead atoms. The molecule has 0 aliphatic carbocycles. The van der Waals surface area contributed by atoms with Gasteiger partial charge in [0.25, 0.3) is 0 Å². The van der Waals surface area contributed by atoms with Gasteiger partial charge in [-0.05, 0) is 31.3 Å². The Labute approximate surface area is 155 Å². The summed E-state index contributed by atoms with van der Waals surface area (Å²) in [7, 11) is 3.92. The van der Waals surface area contributed by atoms with Crippen LogP contribution in [0.3, 0.4) is 0 Å². The maximum Gasteiger partial charge on any atom is 0.191 e. The van der Waals surface area contributed by atoms with Crippen LogP contribution in [0.1, 0.15) is 5.82 Å². The van der Waals surface area contributed by atoms with Gasteiger partial charge in [0.05, 0.1) is 6.54 Å². The van der Waals surface area contributed by atoms with E-state index in [1.807, 2.05) is 23.6 Å². The molecule has 3 heterocycles. The number of halogens is 2. The van der Waals surface area contributed by atoms with Gasteiger partial charge in [0, 0.05) is 31.7 Å². The summed E-state index contributed by atoms with van der Waals surface area (Å²) in [6, 6.07) is 5.87. The van der Waals surface area contributed by atoms with Crippen molar-refractivity contribution in [3.63, 3.8) is 0 Å². The summed E-state index contributed by atoms with van der Waals surface area (Å²) >= 11 is 0. The first-order chi connectivity index (χ1) is 13.0. The molecule has 27 heavy (non-hydrogen) atoms. The molecule has 140 valence electrons. The van der Waals surface area contributed by atoms with E-state index in [0.717, 1.165) is 5.82 Å². The summed E-state index contributed by atoms with van der Waals surface area (Å²) in [5.41, 5.74) is 0.699. The summed E-state index contributed by atoms with van der Waals surface area (Å²) < 4.78 is 29.9. The summed E-state index contributed by atoms with van der Waals surface area (Å²) in [5.74, 6) is 0.291. The number of hydrogen-bond acceptors (Lipinski definition) is 6. The monoisotopic (exact) mass is 371 g/mol. The highest BCUT2D eigenvalue weighted by molar-refractivity contribution is 5.64. The first-order valence-electron chi connectivity index (χ1n) is 8.57. The number of hydrogen-bond donors (Lipinski definition) is 0. The topological polar surface area (TPSA) is 63.0 Å². The van der Waals surface area contributed by atoms with Crippen molar-refractivity contribution >= 4 is 5.82 Å². The Morgan fingerprint density at radius 2 is 1.89 bits per heavy atom. The van der Waals surface area contributed by atoms with E-state index in [4.69, 9.17) is 0 Å². The lowest BCUT2D eigenvalue weighted by Crippen LogP contribution is -2.58. The molecule has 7 nitrogen and oxygen atoms in total. The molecular formula is C18H19F2N7. The van der Waals surface area contributed by atoms with E-state index in [2.05, 4.69) is 25.1 Å². The second-order valence-corrected chi connectivity index (χ2v) is 6.70. The SMILES string of the molecule is CN(Cc1nncn1C)C1CN(c2ncnc(-c3ccc(F)cc3)c2F)C1. The number of rotatable bonds is 5. The second kappa shape index (κ2) is 6.99. The van der Waals surface area contributed by atoms with Crippen molar-refractivity contribution in [3.8, 4) is 11.3 Å². The lowest BCUT2D eigenvalue weighted by Gasteiger charge is -2.44. The molecule has 1 aromatic carbocycles. The normalized spacial score (nSPS) is 14.6. The van der Waals surface area contributed by atoms with Crippen LogP contribution in [-0.2, 0) is 13.6 Å². The smallest absolute Gasteiger partial charge is 0.191 e. The van der Waals surface area contributed by atoms with E-state index >= 15 is 0 Å². The van der Waals surface area contributed by atoms with Crippen molar-refractivity contribution in [2.75, 3.05) is 25.0 Å². The van der Waals surface area contributed by atoms with Gasteiger partial charge in [0.2, 0.25) is 0 Å². The maximum absolute atomic E-state index is 14.9. The average molecular weight is 371 g/mol. The van der Waals surface area contributed by atoms with Crippen molar-refractivity contribution in [1.29, 1.82) is 0 Å². The highest BCUT2D eigenvalue weighted by Crippen LogP contribution is 2.29. The van der Waals surface area contributed by atoms with Crippen LogP contribution in [0.2, 0.25) is 0 Å². The summed E-state index contributed by atoms with van der Waals surface area (Å²) in [5, 5.41) is 7.97. The average Bonchev–Trinajstić information content (AvgIpc) is 3.01. The van der Waals surface area contributed by atoms with Crippen molar-refractivity contribution in [1.82, 2.24) is 29.6 Å². The molecule has 1 aliphatic heterocycles. The van der Waals surface area contributed by atoms with Gasteiger partial charge in [-0.1, -0.05) is 0 Å². The van der Waals surface area contributed by atoms with Crippen LogP contribution in [0.4, 0.5) is 14.6 Å². The molecule has 0 unspecified atom stereocenters. The van der Waals surface area contributed by atoms with Gasteiger partial charge in [-0.2, -0.15) is 0 Å². The van der Waals surface area contributed by atoms with Crippen LogP contribution in [0.15, 0.2) is 36.9 Å². The zero-order valence-electron chi connectivity index (χ0n) is 15.0. The van der Waals surface area contributed by atoms with Crippen molar-refractivity contribution < 1.29 is 8.78 Å². The number of aromatic nitrogens is 5. The van der Waals surface area contributed by atoms with Gasteiger partial charge >= 0.3 is 0 Å². The fourth-order valence-corrected chi connectivity index (χ4v) is 3.10. The Hall–Kier alpha value is -2.94. The molecule has 9 heteroatoms. The lowest BCUT2D eigenvalue weighted by molar-refractivity contribution is 0.190. The molecular weight excluding hydrogens is 352 g/mol. The van der Waals surface area contributed by atoms with Crippen molar-refractivity contribution in [3.05, 3.63) is 54.4 Å². The van der Waals surface area contributed by atoms with Gasteiger partial charge in [0.15, 0.2) is 11.6 Å². The summed E-state index contributed by atoms with van der Waals surface area (Å²) in [6.07, 6.45) is 3.01. The third-order valence-corrected chi connectivity index (χ3v) is 4.87. The largest absolute Gasteiger partial charge is 0.351 e. The van der Waals surface area contributed by atoms with Crippen LogP contribution in [-0.4, -0.2) is 55.8 Å². The Kier molecular flexibility index (Phi) is 4.53. The fraction of sp³-hybridized carbons (Fsp3) is 0.333. The minimum absolute atomic E-state index is 0.177. The molecule has 2 aromatic heterocycles. The predicted molar refractivity (Wildman–Crippen MR) is 95.9 cm³/mol. The number of nitrogens with zero attached hydrogens (tertiary/aromatic N) is 7. The Morgan fingerprint density at radius 3 is 2.56 bits per heavy atom. The molecule has 3 aromatic rings. The van der Waals surface area contributed by atoms with Crippen LogP contribution < -0.4 is 4.90 Å². The van der Waals surface area contributed by atoms with E-state index < -0.39 is 5.82 Å². The summed E-state index contributed by atoms with van der Waals surface area (Å²) in [4.78, 5) is 12.2. The van der Waals surface area contributed by atoms with Gasteiger partial charge in [-0.15, -0.1) is 10.2 Å². The molecule has 1 aliphatic rings. The minimum Gasteiger partial charge on any atom is -0.351 e. The number of likely N-dealkylation sites (N-methyl/N-ethyl adjacent to an activating group) is 1. The fourth-order valence-electron chi connectivity index (χ4n) is 3.10. The zero-order chi connectivity index (χ0) is 19.0. The van der Waals surface area contributed by atoms with Gasteiger partial charge in [-0.3, -0.25) is 4.90 Å². The van der Waals surface area contributed by atoms with Crippen LogP contribution in [0.25, 0.3) is 11.3 Å². The van der Waals surface area contributed by atoms with E-state index in [-0.39, 0.29) is 23.4 Å². The third kappa shape index (κ3) is 3.37. The summed E-state index contributed by atoms with van der Waals surface area (Å²) in [6.45, 7) is 1.98. The molecule has 4 rings (SSSR count). The maximum atomic E-state index is 14.9. The predicted octanol–water partition coefficient (Wildman–Crippen LogP) is 1.87. The van der Waals surface area contributed by atoms with Crippen LogP contribution in [0.5, 0.6) is 0 Å². The number of anilines is 1. The van der Waals surface area contributed by atoms with E-state index in [0.29, 0.717) is 25.2 Å². The molecule has 0 N–H and O–H groups in total. The molecule has 0 radical (unpaired) electrons. The zero-order valence-corrected chi connectivity index (χ0v) is 15.0. The molecule has 0 saturated carbocycles. The second-order valence-electron chi connectivity index (χ2n) is 6.70. The molecule has 0 spiro atoms. The van der Waals surface area contributed by atoms with Crippen LogP contribution >= 0.6 is 0 Å². The van der Waals surface area contributed by atoms with E-state index in [1.54, 1.807) is 6.33 Å². The van der Waals surface area contributed by atoms with Crippen molar-refractivity contribution in [2.45, 2.75) is 12.6 Å². The Balaban J connectivity index is 1.45. The standard InChI is InChI=1S/C18H19F2N7/c1-25(9-15-24-23-11-26(15)2)14-7-27(8-14)18-16(20)17(21-10-22-18)12-3-5-13(19)6-4-12/h3-6,10-11,14H,7-9H2,1-2H3. The van der Waals surface area contributed by atoms with Gasteiger partial charge in [-0.25, -0.2) is 18.7 Å². The van der Waals surface area contributed by atoms with E-state index in [1.165, 1.54) is 30.6 Å². The van der Waals surface area contributed by atoms with Crippen molar-refractivity contribution in [2.24, 2.45) is 7.05 Å². The first kappa shape index (κ1) is 17.5. The quantitative estimate of drug-likeness (QED) is 0.682. The van der Waals surface area contributed by atoms with Crippen LogP contribution in [0, 0.1) is 11.6 Å². The Bertz CT molecular complexity index is 935. The number of aryl methyl sites for hydroxylation is 1. The van der Waals surface area contributed by atoms with E-state index in [9.17, 15) is 8.78 Å². The molecule has 0 atom stereocenters. The minimum atomic E-state index is -0.487. The van der Waals surface area contributed by atoms with Gasteiger partial charge < -0.3 is 9.47 Å². The highest BCUT2D eigenvalue weighted by Gasteiger charge is 2.33. The third-order valence-electron chi connectivity index (χ3n) is 4.87. The first-order valence-corrected chi connectivity index (χ1v) is 8.57. The molecule has 1 fully saturated rings. The Morgan fingerprint density at radius 1 is 1.15 bits per heavy atom. The highest BCUT2D eigenvalue weighted by atomic mass is 19.1.